The van der Waals surface area contributed by atoms with Crippen LogP contribution in [-0.2, 0) is 5.41 Å². The average Bonchev–Trinajstić information content (AvgIpc) is 3.72. The fourth-order valence-electron chi connectivity index (χ4n) is 6.47. The van der Waals surface area contributed by atoms with E-state index < -0.39 is 0 Å². The van der Waals surface area contributed by atoms with Crippen LogP contribution in [0.25, 0.3) is 33.5 Å². The number of benzene rings is 5. The van der Waals surface area contributed by atoms with Crippen LogP contribution in [0.1, 0.15) is 71.0 Å². The Morgan fingerprint density at radius 1 is 0.531 bits per heavy atom. The Morgan fingerprint density at radius 3 is 1.51 bits per heavy atom. The molecule has 7 rings (SSSR count). The first kappa shape index (κ1) is 32.1. The maximum absolute atomic E-state index is 5.52. The van der Waals surface area contributed by atoms with Gasteiger partial charge in [0.2, 0.25) is 0 Å². The Balaban J connectivity index is 1.55. The number of rotatable bonds is 6. The highest BCUT2D eigenvalue weighted by molar-refractivity contribution is 6.20. The highest BCUT2D eigenvalue weighted by Gasteiger charge is 2.27. The number of nitrogens with one attached hydrogen (secondary N) is 1. The molecule has 0 amide bonds. The van der Waals surface area contributed by atoms with Crippen LogP contribution in [0.4, 0.5) is 0 Å². The van der Waals surface area contributed by atoms with Gasteiger partial charge in [-0.1, -0.05) is 164 Å². The summed E-state index contributed by atoms with van der Waals surface area (Å²) in [5.74, 6) is 0. The summed E-state index contributed by atoms with van der Waals surface area (Å²) in [7, 11) is 0. The quantitative estimate of drug-likeness (QED) is 0.188. The summed E-state index contributed by atoms with van der Waals surface area (Å²) < 4.78 is 0. The number of hydrogen-bond donors (Lipinski definition) is 1. The van der Waals surface area contributed by atoms with Gasteiger partial charge in [0.25, 0.3) is 0 Å². The maximum Gasteiger partial charge on any atom is 0.0815 e. The first-order valence-corrected chi connectivity index (χ1v) is 17.2. The maximum atomic E-state index is 5.52. The van der Waals surface area contributed by atoms with Crippen LogP contribution in [0, 0.1) is 27.7 Å². The van der Waals surface area contributed by atoms with Gasteiger partial charge in [-0.3, -0.25) is 0 Å². The molecule has 5 aromatic carbocycles. The minimum Gasteiger partial charge on any atom is -0.354 e. The number of H-pyrrole nitrogens is 1. The number of hydrogen-bond acceptors (Lipinski definition) is 1. The van der Waals surface area contributed by atoms with Crippen LogP contribution in [0.15, 0.2) is 144 Å². The zero-order valence-electron chi connectivity index (χ0n) is 29.6. The molecule has 0 fully saturated rings. The standard InChI is InChI=1S/C47H44N2/c1-30-8-16-34(17-9-30)40-28-42(36-20-12-32(3)13-21-36)48-45(40)44(38-24-26-39(27-25-38)47(5,6)7)46-41(35-18-10-31(2)11-19-35)29-43(49-46)37-22-14-33(4)15-23-37/h8-29,48H,1-7H3/b46-44-. The second kappa shape index (κ2) is 12.9. The van der Waals surface area contributed by atoms with E-state index in [0.29, 0.717) is 0 Å². The minimum absolute atomic E-state index is 0.0427. The van der Waals surface area contributed by atoms with Crippen molar-refractivity contribution >= 4 is 16.9 Å². The SMILES string of the molecule is Cc1ccc(C2=CC(c3ccc(C)cc3)=N/C2=C(/c2ccc(C(C)(C)C)cc2)c2[nH]c(-c3ccc(C)cc3)cc2-c2ccc(C)cc2)cc1. The van der Waals surface area contributed by atoms with Gasteiger partial charge in [0.15, 0.2) is 0 Å². The fraction of sp³-hybridized carbons (Fsp3) is 0.170. The molecule has 0 saturated carbocycles. The molecule has 0 saturated heterocycles. The summed E-state index contributed by atoms with van der Waals surface area (Å²) >= 11 is 0. The van der Waals surface area contributed by atoms with Gasteiger partial charge in [-0.2, -0.15) is 0 Å². The lowest BCUT2D eigenvalue weighted by atomic mass is 9.85. The Kier molecular flexibility index (Phi) is 8.42. The smallest absolute Gasteiger partial charge is 0.0815 e. The van der Waals surface area contributed by atoms with Gasteiger partial charge in [-0.15, -0.1) is 0 Å². The molecule has 0 unspecified atom stereocenters. The lowest BCUT2D eigenvalue weighted by molar-refractivity contribution is 0.590. The third kappa shape index (κ3) is 6.65. The van der Waals surface area contributed by atoms with Gasteiger partial charge >= 0.3 is 0 Å². The monoisotopic (exact) mass is 636 g/mol. The average molecular weight is 637 g/mol. The van der Waals surface area contributed by atoms with Gasteiger partial charge in [0.1, 0.15) is 0 Å². The molecule has 2 heterocycles. The molecular formula is C47H44N2. The van der Waals surface area contributed by atoms with Crippen molar-refractivity contribution in [1.29, 1.82) is 0 Å². The normalized spacial score (nSPS) is 14.1. The summed E-state index contributed by atoms with van der Waals surface area (Å²) in [5, 5.41) is 0. The predicted molar refractivity (Wildman–Crippen MR) is 209 cm³/mol. The number of aromatic nitrogens is 1. The summed E-state index contributed by atoms with van der Waals surface area (Å²) in [5.41, 5.74) is 19.4. The predicted octanol–water partition coefficient (Wildman–Crippen LogP) is 12.2. The molecule has 2 nitrogen and oxygen atoms in total. The minimum atomic E-state index is 0.0427. The molecule has 6 aromatic rings. The lowest BCUT2D eigenvalue weighted by Crippen LogP contribution is -2.10. The lowest BCUT2D eigenvalue weighted by Gasteiger charge is -2.20. The van der Waals surface area contributed by atoms with E-state index >= 15 is 0 Å². The van der Waals surface area contributed by atoms with Crippen LogP contribution in [0.5, 0.6) is 0 Å². The number of aliphatic imine (C=N–C) groups is 1. The summed E-state index contributed by atoms with van der Waals surface area (Å²) in [6, 6.07) is 46.6. The molecule has 242 valence electrons. The zero-order valence-corrected chi connectivity index (χ0v) is 29.6. The summed E-state index contributed by atoms with van der Waals surface area (Å²) in [6.45, 7) is 15.3. The Morgan fingerprint density at radius 2 is 1.00 bits per heavy atom. The molecular weight excluding hydrogens is 593 g/mol. The molecule has 0 atom stereocenters. The number of nitrogens with zero attached hydrogens (tertiary/aromatic N) is 1. The summed E-state index contributed by atoms with van der Waals surface area (Å²) in [6.07, 6.45) is 2.27. The van der Waals surface area contributed by atoms with Crippen LogP contribution >= 0.6 is 0 Å². The van der Waals surface area contributed by atoms with Gasteiger partial charge < -0.3 is 4.98 Å². The van der Waals surface area contributed by atoms with E-state index in [0.717, 1.165) is 61.8 Å². The van der Waals surface area contributed by atoms with Crippen molar-refractivity contribution in [3.8, 4) is 22.4 Å². The number of aryl methyl sites for hydroxylation is 4. The third-order valence-electron chi connectivity index (χ3n) is 9.55. The number of allylic oxidation sites excluding steroid dienone is 2. The second-order valence-corrected chi connectivity index (χ2v) is 14.5. The molecule has 1 aliphatic rings. The van der Waals surface area contributed by atoms with Gasteiger partial charge in [-0.05, 0) is 73.1 Å². The van der Waals surface area contributed by atoms with Crippen LogP contribution in [-0.4, -0.2) is 10.7 Å². The Labute approximate surface area is 291 Å². The zero-order chi connectivity index (χ0) is 34.3. The number of aromatic amines is 1. The van der Waals surface area contributed by atoms with Gasteiger partial charge in [0, 0.05) is 28.0 Å². The van der Waals surface area contributed by atoms with Crippen molar-refractivity contribution < 1.29 is 0 Å². The molecule has 2 heteroatoms. The van der Waals surface area contributed by atoms with E-state index in [1.165, 1.54) is 33.4 Å². The topological polar surface area (TPSA) is 28.1 Å². The Hall–Kier alpha value is -5.47. The van der Waals surface area contributed by atoms with Crippen molar-refractivity contribution in [2.75, 3.05) is 0 Å². The highest BCUT2D eigenvalue weighted by atomic mass is 14.8. The Bertz CT molecular complexity index is 2210. The molecule has 0 aliphatic carbocycles. The van der Waals surface area contributed by atoms with E-state index in [4.69, 9.17) is 4.99 Å². The molecule has 49 heavy (non-hydrogen) atoms. The first-order valence-electron chi connectivity index (χ1n) is 17.2. The first-order chi connectivity index (χ1) is 23.5. The molecule has 1 aromatic heterocycles. The van der Waals surface area contributed by atoms with E-state index in [1.807, 2.05) is 0 Å². The van der Waals surface area contributed by atoms with Crippen molar-refractivity contribution in [3.05, 3.63) is 189 Å². The third-order valence-corrected chi connectivity index (χ3v) is 9.55. The molecule has 1 aliphatic heterocycles. The van der Waals surface area contributed by atoms with Crippen molar-refractivity contribution in [1.82, 2.24) is 4.98 Å². The second-order valence-electron chi connectivity index (χ2n) is 14.5. The molecule has 0 radical (unpaired) electrons. The van der Waals surface area contributed by atoms with Crippen LogP contribution in [0.3, 0.4) is 0 Å². The van der Waals surface area contributed by atoms with E-state index in [-0.39, 0.29) is 5.41 Å². The van der Waals surface area contributed by atoms with Crippen LogP contribution < -0.4 is 0 Å². The molecule has 1 N–H and O–H groups in total. The van der Waals surface area contributed by atoms with E-state index in [2.05, 4.69) is 187 Å². The van der Waals surface area contributed by atoms with Crippen molar-refractivity contribution in [2.45, 2.75) is 53.9 Å². The molecule has 0 bridgehead atoms. The van der Waals surface area contributed by atoms with Gasteiger partial charge in [0.05, 0.1) is 17.1 Å². The van der Waals surface area contributed by atoms with E-state index in [1.54, 1.807) is 0 Å². The van der Waals surface area contributed by atoms with Crippen molar-refractivity contribution in [3.63, 3.8) is 0 Å². The fourth-order valence-corrected chi connectivity index (χ4v) is 6.47. The summed E-state index contributed by atoms with van der Waals surface area (Å²) in [4.78, 5) is 9.46. The molecule has 0 spiro atoms. The largest absolute Gasteiger partial charge is 0.354 e. The van der Waals surface area contributed by atoms with Crippen molar-refractivity contribution in [2.24, 2.45) is 4.99 Å². The van der Waals surface area contributed by atoms with Crippen LogP contribution in [0.2, 0.25) is 0 Å². The van der Waals surface area contributed by atoms with Gasteiger partial charge in [-0.25, -0.2) is 4.99 Å². The highest BCUT2D eigenvalue weighted by Crippen LogP contribution is 2.44. The van der Waals surface area contributed by atoms with E-state index in [9.17, 15) is 0 Å².